The van der Waals surface area contributed by atoms with E-state index in [2.05, 4.69) is 4.98 Å². The van der Waals surface area contributed by atoms with Crippen molar-refractivity contribution in [3.8, 4) is 11.3 Å². The summed E-state index contributed by atoms with van der Waals surface area (Å²) < 4.78 is 16.4. The summed E-state index contributed by atoms with van der Waals surface area (Å²) in [6, 6.07) is 6.04. The summed E-state index contributed by atoms with van der Waals surface area (Å²) in [7, 11) is 5.96. The van der Waals surface area contributed by atoms with Crippen molar-refractivity contribution in [2.24, 2.45) is 14.1 Å². The fourth-order valence-electron chi connectivity index (χ4n) is 3.57. The van der Waals surface area contributed by atoms with Crippen LogP contribution in [0.4, 0.5) is 5.69 Å². The largest absolute Gasteiger partial charge is 0.354 e. The van der Waals surface area contributed by atoms with Gasteiger partial charge in [-0.2, -0.15) is 4.98 Å². The Kier molecular flexibility index (Phi) is 4.95. The van der Waals surface area contributed by atoms with E-state index in [1.165, 1.54) is 38.0 Å². The van der Waals surface area contributed by atoms with Crippen molar-refractivity contribution in [2.45, 2.75) is 12.8 Å². The van der Waals surface area contributed by atoms with Crippen molar-refractivity contribution in [3.63, 3.8) is 0 Å². The molecule has 0 N–H and O–H groups in total. The molecule has 4 aromatic rings. The number of aryl methyl sites for hydroxylation is 1. The number of aromatic nitrogens is 5. The normalized spacial score (nSPS) is 11.8. The first-order valence-corrected chi connectivity index (χ1v) is 9.26. The fraction of sp³-hybridized carbons (Fsp3) is 0.316. The molecule has 3 heterocycles. The van der Waals surface area contributed by atoms with Gasteiger partial charge in [0.1, 0.15) is 0 Å². The van der Waals surface area contributed by atoms with E-state index in [9.17, 15) is 19.7 Å². The molecule has 0 bridgehead atoms. The number of hydrogen-bond donors (Lipinski definition) is 0. The number of nitro benzene ring substituents is 1. The number of rotatable bonds is 6. The van der Waals surface area contributed by atoms with Crippen LogP contribution in [0.5, 0.6) is 0 Å². The van der Waals surface area contributed by atoms with Crippen LogP contribution in [0.25, 0.3) is 28.2 Å². The molecule has 0 saturated heterocycles. The van der Waals surface area contributed by atoms with Gasteiger partial charge >= 0.3 is 5.69 Å². The topological polar surface area (TPSA) is 128 Å². The van der Waals surface area contributed by atoms with Crippen molar-refractivity contribution in [2.75, 3.05) is 14.2 Å². The predicted molar refractivity (Wildman–Crippen MR) is 111 cm³/mol. The van der Waals surface area contributed by atoms with Gasteiger partial charge in [0.25, 0.3) is 11.2 Å². The van der Waals surface area contributed by atoms with Crippen LogP contribution < -0.4 is 11.2 Å². The zero-order valence-electron chi connectivity index (χ0n) is 17.3. The molecule has 0 saturated carbocycles. The highest BCUT2D eigenvalue weighted by atomic mass is 16.7. The maximum atomic E-state index is 12.8. The van der Waals surface area contributed by atoms with Crippen LogP contribution in [-0.2, 0) is 30.1 Å². The highest BCUT2D eigenvalue weighted by Crippen LogP contribution is 2.27. The molecule has 0 unspecified atom stereocenters. The van der Waals surface area contributed by atoms with E-state index in [1.54, 1.807) is 34.3 Å². The highest BCUT2D eigenvalue weighted by molar-refractivity contribution is 5.78. The monoisotopic (exact) mass is 428 g/mol. The molecule has 0 fully saturated rings. The lowest BCUT2D eigenvalue weighted by Gasteiger charge is -2.16. The first-order valence-electron chi connectivity index (χ1n) is 9.26. The van der Waals surface area contributed by atoms with Gasteiger partial charge in [0.2, 0.25) is 5.78 Å². The Hall–Kier alpha value is -3.77. The second-order valence-electron chi connectivity index (χ2n) is 6.99. The Labute approximate surface area is 174 Å². The molecular weight excluding hydrogens is 408 g/mol. The summed E-state index contributed by atoms with van der Waals surface area (Å²) in [5.74, 6) is 0.403. The molecule has 4 rings (SSSR count). The van der Waals surface area contributed by atoms with Crippen molar-refractivity contribution in [1.29, 1.82) is 0 Å². The van der Waals surface area contributed by atoms with E-state index in [0.29, 0.717) is 17.0 Å². The number of hydrogen-bond acceptors (Lipinski definition) is 7. The number of nitrogens with zero attached hydrogens (tertiary/aromatic N) is 6. The SMILES string of the molecule is COC(Cn1c(-c2ccc([N+](=O)[O-])cc2)cn2c3c(=O)n(C)c(=O)n(C)c3nc12)OC. The Bertz CT molecular complexity index is 1420. The van der Waals surface area contributed by atoms with Crippen LogP contribution in [0.15, 0.2) is 40.1 Å². The summed E-state index contributed by atoms with van der Waals surface area (Å²) >= 11 is 0. The second kappa shape index (κ2) is 7.49. The molecule has 12 heteroatoms. The van der Waals surface area contributed by atoms with Crippen LogP contribution in [-0.4, -0.2) is 48.5 Å². The summed E-state index contributed by atoms with van der Waals surface area (Å²) in [6.45, 7) is 0.230. The minimum Gasteiger partial charge on any atom is -0.354 e. The lowest BCUT2D eigenvalue weighted by atomic mass is 10.1. The van der Waals surface area contributed by atoms with E-state index >= 15 is 0 Å². The van der Waals surface area contributed by atoms with Gasteiger partial charge in [-0.25, -0.2) is 4.79 Å². The van der Waals surface area contributed by atoms with Gasteiger partial charge in [-0.3, -0.25) is 28.4 Å². The van der Waals surface area contributed by atoms with Crippen LogP contribution in [0.3, 0.4) is 0 Å². The minimum atomic E-state index is -0.612. The van der Waals surface area contributed by atoms with Gasteiger partial charge in [0.15, 0.2) is 17.5 Å². The standard InChI is InChI=1S/C19H20N6O6/c1-21-16-15(17(26)22(2)19(21)27)24-9-13(11-5-7-12(8-6-11)25(28)29)23(18(24)20-16)10-14(30-3)31-4/h5-9,14H,10H2,1-4H3. The lowest BCUT2D eigenvalue weighted by molar-refractivity contribution is -0.384. The van der Waals surface area contributed by atoms with Gasteiger partial charge in [0, 0.05) is 52.2 Å². The van der Waals surface area contributed by atoms with Gasteiger partial charge in [-0.15, -0.1) is 0 Å². The zero-order chi connectivity index (χ0) is 22.4. The van der Waals surface area contributed by atoms with Crippen LogP contribution in [0.2, 0.25) is 0 Å². The second-order valence-corrected chi connectivity index (χ2v) is 6.99. The number of benzene rings is 1. The van der Waals surface area contributed by atoms with E-state index in [-0.39, 0.29) is 23.4 Å². The van der Waals surface area contributed by atoms with Gasteiger partial charge in [0.05, 0.1) is 17.2 Å². The van der Waals surface area contributed by atoms with Crippen molar-refractivity contribution < 1.29 is 14.4 Å². The molecule has 12 nitrogen and oxygen atoms in total. The Morgan fingerprint density at radius 3 is 2.32 bits per heavy atom. The van der Waals surface area contributed by atoms with Gasteiger partial charge in [-0.1, -0.05) is 0 Å². The first kappa shape index (κ1) is 20.5. The third-order valence-electron chi connectivity index (χ3n) is 5.29. The molecule has 0 spiro atoms. The average molecular weight is 428 g/mol. The Morgan fingerprint density at radius 2 is 1.74 bits per heavy atom. The molecular formula is C19H20N6O6. The van der Waals surface area contributed by atoms with Gasteiger partial charge < -0.3 is 14.0 Å². The van der Waals surface area contributed by atoms with E-state index in [0.717, 1.165) is 4.57 Å². The number of imidazole rings is 2. The Balaban J connectivity index is 2.04. The summed E-state index contributed by atoms with van der Waals surface area (Å²) in [6.07, 6.45) is 1.10. The maximum Gasteiger partial charge on any atom is 0.332 e. The van der Waals surface area contributed by atoms with E-state index < -0.39 is 22.5 Å². The van der Waals surface area contributed by atoms with Crippen molar-refractivity contribution in [1.82, 2.24) is 23.1 Å². The molecule has 0 atom stereocenters. The molecule has 0 amide bonds. The maximum absolute atomic E-state index is 12.8. The number of nitro groups is 1. The smallest absolute Gasteiger partial charge is 0.332 e. The summed E-state index contributed by atoms with van der Waals surface area (Å²) in [4.78, 5) is 40.2. The molecule has 0 aliphatic carbocycles. The molecule has 1 aromatic carbocycles. The molecule has 162 valence electrons. The predicted octanol–water partition coefficient (Wildman–Crippen LogP) is 0.880. The average Bonchev–Trinajstić information content (AvgIpc) is 3.31. The van der Waals surface area contributed by atoms with Gasteiger partial charge in [-0.05, 0) is 12.1 Å². The molecule has 0 aliphatic rings. The van der Waals surface area contributed by atoms with E-state index in [4.69, 9.17) is 9.47 Å². The fourth-order valence-corrected chi connectivity index (χ4v) is 3.57. The quantitative estimate of drug-likeness (QED) is 0.253. The number of fused-ring (bicyclic) bond motifs is 3. The molecule has 0 radical (unpaired) electrons. The van der Waals surface area contributed by atoms with Crippen molar-refractivity contribution >= 4 is 22.6 Å². The van der Waals surface area contributed by atoms with Crippen molar-refractivity contribution in [3.05, 3.63) is 61.4 Å². The van der Waals surface area contributed by atoms with E-state index in [1.807, 2.05) is 0 Å². The zero-order valence-corrected chi connectivity index (χ0v) is 17.3. The molecule has 3 aromatic heterocycles. The molecule has 31 heavy (non-hydrogen) atoms. The number of ether oxygens (including phenoxy) is 2. The van der Waals surface area contributed by atoms with Crippen LogP contribution in [0, 0.1) is 10.1 Å². The third-order valence-corrected chi connectivity index (χ3v) is 5.29. The summed E-state index contributed by atoms with van der Waals surface area (Å²) in [5.41, 5.74) is 0.824. The summed E-state index contributed by atoms with van der Waals surface area (Å²) in [5, 5.41) is 11.0. The third kappa shape index (κ3) is 3.12. The molecule has 0 aliphatic heterocycles. The van der Waals surface area contributed by atoms with Crippen LogP contribution >= 0.6 is 0 Å². The first-order chi connectivity index (χ1) is 14.8. The number of methoxy groups -OCH3 is 2. The minimum absolute atomic E-state index is 0.0346. The number of non-ortho nitro benzene ring substituents is 1. The lowest BCUT2D eigenvalue weighted by Crippen LogP contribution is -2.37. The Morgan fingerprint density at radius 1 is 1.10 bits per heavy atom. The van der Waals surface area contributed by atoms with Crippen LogP contribution in [0.1, 0.15) is 0 Å². The highest BCUT2D eigenvalue weighted by Gasteiger charge is 2.22.